The number of rotatable bonds is 0. The molecule has 2 aliphatic carbocycles. The molecule has 0 aromatic rings. The van der Waals surface area contributed by atoms with Crippen LogP contribution in [0.15, 0.2) is 22.8 Å². The Morgan fingerprint density at radius 3 is 2.71 bits per heavy atom. The minimum atomic E-state index is -0.620. The van der Waals surface area contributed by atoms with Gasteiger partial charge >= 0.3 is 0 Å². The van der Waals surface area contributed by atoms with Gasteiger partial charge in [-0.15, -0.1) is 0 Å². The van der Waals surface area contributed by atoms with Gasteiger partial charge in [-0.05, 0) is 70.4 Å². The maximum absolute atomic E-state index is 12.1. The second kappa shape index (κ2) is 4.09. The molecule has 0 radical (unpaired) electrons. The van der Waals surface area contributed by atoms with Crippen molar-refractivity contribution < 1.29 is 9.90 Å². The Labute approximate surface area is 103 Å². The van der Waals surface area contributed by atoms with Crippen molar-refractivity contribution in [2.75, 3.05) is 0 Å². The Morgan fingerprint density at radius 2 is 2.12 bits per heavy atom. The van der Waals surface area contributed by atoms with Crippen LogP contribution in [0.2, 0.25) is 0 Å². The van der Waals surface area contributed by atoms with Gasteiger partial charge in [0.15, 0.2) is 5.78 Å². The monoisotopic (exact) mass is 234 g/mol. The Morgan fingerprint density at radius 1 is 1.47 bits per heavy atom. The van der Waals surface area contributed by atoms with Crippen molar-refractivity contribution in [3.8, 4) is 0 Å². The SMILES string of the molecule is CC1=CC(=O)C(=C(C)C)C[C@@H]2[C@H]1CC[C@@]2(C)O. The summed E-state index contributed by atoms with van der Waals surface area (Å²) in [5.41, 5.74) is 2.51. The molecule has 0 spiro atoms. The van der Waals surface area contributed by atoms with Crippen LogP contribution in [0.4, 0.5) is 0 Å². The largest absolute Gasteiger partial charge is 0.390 e. The van der Waals surface area contributed by atoms with Gasteiger partial charge in [0, 0.05) is 0 Å². The minimum Gasteiger partial charge on any atom is -0.390 e. The van der Waals surface area contributed by atoms with Crippen LogP contribution in [0.1, 0.15) is 47.0 Å². The smallest absolute Gasteiger partial charge is 0.181 e. The number of carbonyl (C=O) groups excluding carboxylic acids is 1. The summed E-state index contributed by atoms with van der Waals surface area (Å²) < 4.78 is 0. The van der Waals surface area contributed by atoms with E-state index in [9.17, 15) is 9.90 Å². The van der Waals surface area contributed by atoms with Gasteiger partial charge in [0.1, 0.15) is 0 Å². The zero-order chi connectivity index (χ0) is 12.8. The highest BCUT2D eigenvalue weighted by molar-refractivity contribution is 6.05. The van der Waals surface area contributed by atoms with E-state index in [1.54, 1.807) is 6.08 Å². The van der Waals surface area contributed by atoms with Gasteiger partial charge in [-0.2, -0.15) is 0 Å². The summed E-state index contributed by atoms with van der Waals surface area (Å²) in [4.78, 5) is 12.1. The number of allylic oxidation sites excluding steroid dienone is 4. The molecule has 2 heteroatoms. The highest BCUT2D eigenvalue weighted by Crippen LogP contribution is 2.48. The van der Waals surface area contributed by atoms with Gasteiger partial charge in [0.2, 0.25) is 0 Å². The van der Waals surface area contributed by atoms with Crippen LogP contribution < -0.4 is 0 Å². The number of hydrogen-bond acceptors (Lipinski definition) is 2. The molecule has 94 valence electrons. The summed E-state index contributed by atoms with van der Waals surface area (Å²) >= 11 is 0. The van der Waals surface area contributed by atoms with Crippen LogP contribution in [0.25, 0.3) is 0 Å². The van der Waals surface area contributed by atoms with E-state index in [4.69, 9.17) is 0 Å². The van der Waals surface area contributed by atoms with Crippen molar-refractivity contribution in [3.63, 3.8) is 0 Å². The Hall–Kier alpha value is -0.890. The molecule has 0 aromatic carbocycles. The molecule has 2 rings (SSSR count). The molecule has 3 atom stereocenters. The predicted molar refractivity (Wildman–Crippen MR) is 68.6 cm³/mol. The van der Waals surface area contributed by atoms with E-state index >= 15 is 0 Å². The number of ketones is 1. The van der Waals surface area contributed by atoms with Crippen LogP contribution in [-0.2, 0) is 4.79 Å². The van der Waals surface area contributed by atoms with Gasteiger partial charge in [-0.3, -0.25) is 4.79 Å². The molecule has 0 amide bonds. The van der Waals surface area contributed by atoms with Gasteiger partial charge in [0.25, 0.3) is 0 Å². The zero-order valence-corrected chi connectivity index (χ0v) is 11.2. The molecule has 1 saturated carbocycles. The van der Waals surface area contributed by atoms with Crippen LogP contribution >= 0.6 is 0 Å². The quantitative estimate of drug-likeness (QED) is 0.654. The fourth-order valence-corrected chi connectivity index (χ4v) is 3.35. The van der Waals surface area contributed by atoms with Crippen molar-refractivity contribution in [3.05, 3.63) is 22.8 Å². The molecule has 0 heterocycles. The molecule has 0 bridgehead atoms. The first-order valence-electron chi connectivity index (χ1n) is 6.44. The third kappa shape index (κ3) is 2.11. The molecule has 0 unspecified atom stereocenters. The summed E-state index contributed by atoms with van der Waals surface area (Å²) in [6, 6.07) is 0. The van der Waals surface area contributed by atoms with Gasteiger partial charge in [-0.1, -0.05) is 11.1 Å². The Bertz CT molecular complexity index is 409. The molecular formula is C15H22O2. The third-order valence-corrected chi connectivity index (χ3v) is 4.51. The number of aliphatic hydroxyl groups is 1. The molecule has 0 saturated heterocycles. The fourth-order valence-electron chi connectivity index (χ4n) is 3.35. The second-order valence-electron chi connectivity index (χ2n) is 6.04. The molecular weight excluding hydrogens is 212 g/mol. The Balaban J connectivity index is 2.45. The molecule has 1 fully saturated rings. The van der Waals surface area contributed by atoms with Crippen molar-refractivity contribution >= 4 is 5.78 Å². The first kappa shape index (κ1) is 12.6. The number of fused-ring (bicyclic) bond motifs is 1. The molecule has 17 heavy (non-hydrogen) atoms. The van der Waals surface area contributed by atoms with Gasteiger partial charge in [0.05, 0.1) is 5.60 Å². The lowest BCUT2D eigenvalue weighted by molar-refractivity contribution is -0.111. The van der Waals surface area contributed by atoms with Crippen molar-refractivity contribution in [2.45, 2.75) is 52.6 Å². The third-order valence-electron chi connectivity index (χ3n) is 4.51. The maximum atomic E-state index is 12.1. The molecule has 1 N–H and O–H groups in total. The van der Waals surface area contributed by atoms with E-state index in [1.165, 1.54) is 0 Å². The van der Waals surface area contributed by atoms with E-state index in [1.807, 2.05) is 27.7 Å². The standard InChI is InChI=1S/C15H22O2/c1-9(2)12-8-13-11(5-6-15(13,4)17)10(3)7-14(12)16/h7,11,13,17H,5-6,8H2,1-4H3/t11-,13+,15+/m0/s1. The van der Waals surface area contributed by atoms with E-state index in [2.05, 4.69) is 0 Å². The lowest BCUT2D eigenvalue weighted by atomic mass is 9.80. The van der Waals surface area contributed by atoms with Crippen molar-refractivity contribution in [1.82, 2.24) is 0 Å². The number of hydrogen-bond donors (Lipinski definition) is 1. The molecule has 0 aliphatic heterocycles. The first-order chi connectivity index (χ1) is 7.83. The van der Waals surface area contributed by atoms with Gasteiger partial charge in [-0.25, -0.2) is 0 Å². The minimum absolute atomic E-state index is 0.146. The summed E-state index contributed by atoms with van der Waals surface area (Å²) in [5, 5.41) is 10.5. The maximum Gasteiger partial charge on any atom is 0.181 e. The van der Waals surface area contributed by atoms with Crippen LogP contribution in [-0.4, -0.2) is 16.5 Å². The topological polar surface area (TPSA) is 37.3 Å². The van der Waals surface area contributed by atoms with Crippen LogP contribution in [0, 0.1) is 11.8 Å². The molecule has 2 nitrogen and oxygen atoms in total. The van der Waals surface area contributed by atoms with Crippen molar-refractivity contribution in [2.24, 2.45) is 11.8 Å². The highest BCUT2D eigenvalue weighted by atomic mass is 16.3. The van der Waals surface area contributed by atoms with Crippen LogP contribution in [0.3, 0.4) is 0 Å². The highest BCUT2D eigenvalue weighted by Gasteiger charge is 2.46. The average Bonchev–Trinajstić information content (AvgIpc) is 2.41. The Kier molecular flexibility index (Phi) is 3.03. The van der Waals surface area contributed by atoms with E-state index in [0.717, 1.165) is 36.0 Å². The summed E-state index contributed by atoms with van der Waals surface area (Å²) in [7, 11) is 0. The molecule has 0 aromatic heterocycles. The first-order valence-corrected chi connectivity index (χ1v) is 6.44. The number of carbonyl (C=O) groups is 1. The predicted octanol–water partition coefficient (Wildman–Crippen LogP) is 3.02. The zero-order valence-electron chi connectivity index (χ0n) is 11.2. The van der Waals surface area contributed by atoms with Crippen LogP contribution in [0.5, 0.6) is 0 Å². The van der Waals surface area contributed by atoms with Crippen molar-refractivity contribution in [1.29, 1.82) is 0 Å². The van der Waals surface area contributed by atoms with E-state index in [0.29, 0.717) is 5.92 Å². The average molecular weight is 234 g/mol. The lowest BCUT2D eigenvalue weighted by Gasteiger charge is -2.29. The second-order valence-corrected chi connectivity index (χ2v) is 6.04. The van der Waals surface area contributed by atoms with E-state index in [-0.39, 0.29) is 11.7 Å². The molecule has 2 aliphatic rings. The normalized spacial score (nSPS) is 37.6. The van der Waals surface area contributed by atoms with E-state index < -0.39 is 5.60 Å². The summed E-state index contributed by atoms with van der Waals surface area (Å²) in [5.74, 6) is 0.730. The fraction of sp³-hybridized carbons (Fsp3) is 0.667. The summed E-state index contributed by atoms with van der Waals surface area (Å²) in [6.07, 6.45) is 4.36. The summed E-state index contributed by atoms with van der Waals surface area (Å²) in [6.45, 7) is 7.93. The van der Waals surface area contributed by atoms with Gasteiger partial charge < -0.3 is 5.11 Å². The lowest BCUT2D eigenvalue weighted by Crippen LogP contribution is -2.32.